The molecule has 0 unspecified atom stereocenters. The Morgan fingerprint density at radius 2 is 1.83 bits per heavy atom. The van der Waals surface area contributed by atoms with Crippen LogP contribution >= 0.6 is 0 Å². The third-order valence-corrected chi connectivity index (χ3v) is 3.11. The van der Waals surface area contributed by atoms with Crippen molar-refractivity contribution in [2.75, 3.05) is 32.1 Å². The molecule has 0 aliphatic carbocycles. The van der Waals surface area contributed by atoms with Crippen LogP contribution in [0, 0.1) is 0 Å². The number of primary amides is 1. The highest BCUT2D eigenvalue weighted by molar-refractivity contribution is 5.94. The molecule has 4 N–H and O–H groups in total. The normalized spacial score (nSPS) is 10.2. The average Bonchev–Trinajstić information content (AvgIpc) is 2.51. The lowest BCUT2D eigenvalue weighted by Gasteiger charge is -2.19. The Labute approximate surface area is 135 Å². The monoisotopic (exact) mass is 322 g/mol. The number of anilines is 1. The minimum atomic E-state index is -0.879. The van der Waals surface area contributed by atoms with E-state index in [-0.39, 0.29) is 18.9 Å². The Kier molecular flexibility index (Phi) is 7.55. The number of carbonyl (C=O) groups excluding carboxylic acids is 3. The second-order valence-electron chi connectivity index (χ2n) is 4.81. The minimum Gasteiger partial charge on any atom is -0.497 e. The van der Waals surface area contributed by atoms with Gasteiger partial charge in [0.1, 0.15) is 5.75 Å². The van der Waals surface area contributed by atoms with E-state index in [0.29, 0.717) is 24.5 Å². The van der Waals surface area contributed by atoms with Gasteiger partial charge in [0.25, 0.3) is 0 Å². The molecular formula is C15H22N4O4. The standard InChI is InChI=1S/C15H22N4O4/c1-3-19(9-8-13(20)18-15(16)22)10-14(21)17-11-4-6-12(23-2)7-5-11/h4-7H,3,8-10H2,1-2H3,(H,17,21)(H3,16,18,20,22). The molecule has 1 aromatic rings. The smallest absolute Gasteiger partial charge is 0.318 e. The number of imide groups is 1. The van der Waals surface area contributed by atoms with Crippen molar-refractivity contribution in [2.45, 2.75) is 13.3 Å². The number of nitrogens with zero attached hydrogens (tertiary/aromatic N) is 1. The van der Waals surface area contributed by atoms with Gasteiger partial charge in [-0.2, -0.15) is 0 Å². The van der Waals surface area contributed by atoms with Crippen LogP contribution in [0.4, 0.5) is 10.5 Å². The summed E-state index contributed by atoms with van der Waals surface area (Å²) in [4.78, 5) is 35.7. The van der Waals surface area contributed by atoms with Gasteiger partial charge in [-0.3, -0.25) is 19.8 Å². The molecule has 8 nitrogen and oxygen atoms in total. The van der Waals surface area contributed by atoms with Gasteiger partial charge in [-0.25, -0.2) is 4.79 Å². The maximum atomic E-state index is 12.0. The number of hydrogen-bond acceptors (Lipinski definition) is 5. The summed E-state index contributed by atoms with van der Waals surface area (Å²) in [6, 6.07) is 6.11. The van der Waals surface area contributed by atoms with E-state index in [4.69, 9.17) is 10.5 Å². The van der Waals surface area contributed by atoms with Crippen LogP contribution < -0.4 is 21.1 Å². The first-order valence-corrected chi connectivity index (χ1v) is 7.20. The Hall–Kier alpha value is -2.61. The van der Waals surface area contributed by atoms with Crippen molar-refractivity contribution in [3.8, 4) is 5.75 Å². The lowest BCUT2D eigenvalue weighted by atomic mass is 10.3. The molecule has 4 amide bonds. The SMILES string of the molecule is CCN(CCC(=O)NC(N)=O)CC(=O)Nc1ccc(OC)cc1. The van der Waals surface area contributed by atoms with Crippen LogP contribution in [-0.4, -0.2) is 49.5 Å². The third-order valence-electron chi connectivity index (χ3n) is 3.11. The summed E-state index contributed by atoms with van der Waals surface area (Å²) < 4.78 is 5.05. The van der Waals surface area contributed by atoms with Gasteiger partial charge in [-0.15, -0.1) is 0 Å². The maximum absolute atomic E-state index is 12.0. The van der Waals surface area contributed by atoms with Crippen LogP contribution in [0.25, 0.3) is 0 Å². The molecule has 0 radical (unpaired) electrons. The van der Waals surface area contributed by atoms with Crippen LogP contribution in [0.2, 0.25) is 0 Å². The maximum Gasteiger partial charge on any atom is 0.318 e. The van der Waals surface area contributed by atoms with E-state index < -0.39 is 11.9 Å². The molecule has 0 aliphatic heterocycles. The van der Waals surface area contributed by atoms with Crippen LogP contribution in [0.1, 0.15) is 13.3 Å². The van der Waals surface area contributed by atoms with E-state index in [1.54, 1.807) is 36.3 Å². The van der Waals surface area contributed by atoms with Gasteiger partial charge in [-0.05, 0) is 30.8 Å². The molecule has 1 aromatic carbocycles. The summed E-state index contributed by atoms with van der Waals surface area (Å²) in [6.45, 7) is 2.98. The quantitative estimate of drug-likeness (QED) is 0.646. The van der Waals surface area contributed by atoms with E-state index >= 15 is 0 Å². The molecule has 0 saturated heterocycles. The van der Waals surface area contributed by atoms with Gasteiger partial charge < -0.3 is 15.8 Å². The van der Waals surface area contributed by atoms with Crippen molar-refractivity contribution in [1.82, 2.24) is 10.2 Å². The van der Waals surface area contributed by atoms with Crippen LogP contribution in [0.5, 0.6) is 5.75 Å². The first kappa shape index (κ1) is 18.4. The second kappa shape index (κ2) is 9.42. The van der Waals surface area contributed by atoms with Crippen LogP contribution in [0.15, 0.2) is 24.3 Å². The lowest BCUT2D eigenvalue weighted by molar-refractivity contribution is -0.121. The van der Waals surface area contributed by atoms with Gasteiger partial charge in [0.05, 0.1) is 13.7 Å². The van der Waals surface area contributed by atoms with Crippen molar-refractivity contribution < 1.29 is 19.1 Å². The number of benzene rings is 1. The molecule has 0 aliphatic rings. The van der Waals surface area contributed by atoms with Crippen molar-refractivity contribution in [3.63, 3.8) is 0 Å². The number of urea groups is 1. The Morgan fingerprint density at radius 1 is 1.17 bits per heavy atom. The molecule has 0 heterocycles. The predicted octanol–water partition coefficient (Wildman–Crippen LogP) is 0.541. The largest absolute Gasteiger partial charge is 0.497 e. The number of methoxy groups -OCH3 is 1. The Morgan fingerprint density at radius 3 is 2.35 bits per heavy atom. The number of hydrogen-bond donors (Lipinski definition) is 3. The molecule has 0 saturated carbocycles. The highest BCUT2D eigenvalue weighted by Crippen LogP contribution is 2.14. The van der Waals surface area contributed by atoms with Crippen molar-refractivity contribution in [1.29, 1.82) is 0 Å². The van der Waals surface area contributed by atoms with E-state index in [1.807, 2.05) is 12.2 Å². The molecule has 126 valence electrons. The van der Waals surface area contributed by atoms with Crippen LogP contribution in [-0.2, 0) is 9.59 Å². The van der Waals surface area contributed by atoms with Gasteiger partial charge in [0, 0.05) is 18.7 Å². The first-order valence-electron chi connectivity index (χ1n) is 7.20. The summed E-state index contributed by atoms with van der Waals surface area (Å²) in [5.74, 6) is 0.0532. The fourth-order valence-corrected chi connectivity index (χ4v) is 1.89. The van der Waals surface area contributed by atoms with E-state index in [2.05, 4.69) is 5.32 Å². The number of nitrogens with one attached hydrogen (secondary N) is 2. The molecule has 0 atom stereocenters. The zero-order valence-corrected chi connectivity index (χ0v) is 13.3. The summed E-state index contributed by atoms with van der Waals surface area (Å²) in [7, 11) is 1.57. The summed E-state index contributed by atoms with van der Waals surface area (Å²) in [6.07, 6.45) is 0.0899. The van der Waals surface area contributed by atoms with Gasteiger partial charge in [0.2, 0.25) is 11.8 Å². The number of carbonyl (C=O) groups is 3. The highest BCUT2D eigenvalue weighted by atomic mass is 16.5. The fourth-order valence-electron chi connectivity index (χ4n) is 1.89. The minimum absolute atomic E-state index is 0.0899. The number of amides is 4. The lowest BCUT2D eigenvalue weighted by Crippen LogP contribution is -2.39. The molecular weight excluding hydrogens is 300 g/mol. The summed E-state index contributed by atoms with van der Waals surface area (Å²) in [5, 5.41) is 4.75. The van der Waals surface area contributed by atoms with Crippen molar-refractivity contribution >= 4 is 23.5 Å². The first-order chi connectivity index (χ1) is 10.9. The summed E-state index contributed by atoms with van der Waals surface area (Å²) >= 11 is 0. The number of likely N-dealkylation sites (N-methyl/N-ethyl adjacent to an activating group) is 1. The van der Waals surface area contributed by atoms with Gasteiger partial charge >= 0.3 is 6.03 Å². The Bertz CT molecular complexity index is 545. The topological polar surface area (TPSA) is 114 Å². The average molecular weight is 322 g/mol. The second-order valence-corrected chi connectivity index (χ2v) is 4.81. The molecule has 8 heteroatoms. The zero-order chi connectivity index (χ0) is 17.2. The zero-order valence-electron chi connectivity index (χ0n) is 13.3. The Balaban J connectivity index is 2.42. The molecule has 0 bridgehead atoms. The molecule has 1 rings (SSSR count). The number of nitrogens with two attached hydrogens (primary N) is 1. The van der Waals surface area contributed by atoms with Crippen LogP contribution in [0.3, 0.4) is 0 Å². The predicted molar refractivity (Wildman–Crippen MR) is 86.1 cm³/mol. The van der Waals surface area contributed by atoms with E-state index in [1.165, 1.54) is 0 Å². The van der Waals surface area contributed by atoms with Gasteiger partial charge in [0.15, 0.2) is 0 Å². The highest BCUT2D eigenvalue weighted by Gasteiger charge is 2.12. The van der Waals surface area contributed by atoms with Crippen molar-refractivity contribution in [3.05, 3.63) is 24.3 Å². The van der Waals surface area contributed by atoms with Crippen molar-refractivity contribution in [2.24, 2.45) is 5.73 Å². The molecule has 23 heavy (non-hydrogen) atoms. The van der Waals surface area contributed by atoms with Gasteiger partial charge in [-0.1, -0.05) is 6.92 Å². The number of rotatable bonds is 8. The molecule has 0 aromatic heterocycles. The molecule has 0 spiro atoms. The van der Waals surface area contributed by atoms with E-state index in [9.17, 15) is 14.4 Å². The fraction of sp³-hybridized carbons (Fsp3) is 0.400. The number of ether oxygens (including phenoxy) is 1. The third kappa shape index (κ3) is 7.28. The molecule has 0 fully saturated rings. The summed E-state index contributed by atoms with van der Waals surface area (Å²) in [5.41, 5.74) is 5.53. The van der Waals surface area contributed by atoms with E-state index in [0.717, 1.165) is 0 Å².